The van der Waals surface area contributed by atoms with E-state index < -0.39 is 28.8 Å². The van der Waals surface area contributed by atoms with Crippen LogP contribution in [0.1, 0.15) is 12.8 Å². The highest BCUT2D eigenvalue weighted by Crippen LogP contribution is 2.30. The summed E-state index contributed by atoms with van der Waals surface area (Å²) in [6.45, 7) is 0.0511. The van der Waals surface area contributed by atoms with Crippen LogP contribution in [0.2, 0.25) is 0 Å². The summed E-state index contributed by atoms with van der Waals surface area (Å²) in [5.41, 5.74) is 0. The largest absolute Gasteiger partial charge is 0.724 e. The molecular formula is C6H8FN2O5S-. The molecule has 2 atom stereocenters. The summed E-state index contributed by atoms with van der Waals surface area (Å²) in [5, 5.41) is 0.446. The Labute approximate surface area is 85.3 Å². The Morgan fingerprint density at radius 2 is 2.13 bits per heavy atom. The van der Waals surface area contributed by atoms with Crippen molar-refractivity contribution in [3.63, 3.8) is 0 Å². The minimum absolute atomic E-state index is 0.0511. The fourth-order valence-corrected chi connectivity index (χ4v) is 2.16. The van der Waals surface area contributed by atoms with Crippen molar-refractivity contribution in [1.29, 1.82) is 0 Å². The topological polar surface area (TPSA) is 90.0 Å². The van der Waals surface area contributed by atoms with Crippen molar-refractivity contribution in [3.05, 3.63) is 0 Å². The number of urea groups is 1. The first-order valence-corrected chi connectivity index (χ1v) is 5.61. The van der Waals surface area contributed by atoms with E-state index >= 15 is 0 Å². The van der Waals surface area contributed by atoms with Crippen LogP contribution in [0.3, 0.4) is 0 Å². The number of halogens is 1. The monoisotopic (exact) mass is 239 g/mol. The van der Waals surface area contributed by atoms with Crippen LogP contribution in [0.15, 0.2) is 0 Å². The first-order valence-electron chi connectivity index (χ1n) is 4.28. The number of piperidine rings is 1. The smallest absolute Gasteiger partial charge is 0.347 e. The standard InChI is InChI=1S/C6H9FN2O5S/c7-5-2-1-4-3-8(5)6(10)9(4)14-15(11,12)13/h4-5H,1-3H2,(H,11,12,13)/p-1/t4-,5+/m1/s1. The highest BCUT2D eigenvalue weighted by Gasteiger charge is 2.46. The highest BCUT2D eigenvalue weighted by molar-refractivity contribution is 7.80. The summed E-state index contributed by atoms with van der Waals surface area (Å²) in [6, 6.07) is -1.47. The van der Waals surface area contributed by atoms with Gasteiger partial charge in [-0.15, -0.1) is 0 Å². The molecule has 2 bridgehead atoms. The Balaban J connectivity index is 2.18. The number of carbonyl (C=O) groups is 1. The zero-order valence-electron chi connectivity index (χ0n) is 7.50. The van der Waals surface area contributed by atoms with Crippen LogP contribution in [-0.4, -0.2) is 47.8 Å². The molecule has 0 aromatic heterocycles. The molecule has 0 N–H and O–H groups in total. The number of carbonyl (C=O) groups excluding carboxylic acids is 1. The molecule has 15 heavy (non-hydrogen) atoms. The number of amides is 2. The van der Waals surface area contributed by atoms with Gasteiger partial charge in [0.1, 0.15) is 0 Å². The van der Waals surface area contributed by atoms with Crippen LogP contribution in [0.4, 0.5) is 9.18 Å². The quantitative estimate of drug-likeness (QED) is 0.370. The molecule has 86 valence electrons. The molecule has 2 saturated heterocycles. The van der Waals surface area contributed by atoms with E-state index in [1.165, 1.54) is 0 Å². The van der Waals surface area contributed by atoms with Crippen molar-refractivity contribution >= 4 is 16.4 Å². The van der Waals surface area contributed by atoms with Gasteiger partial charge in [0.25, 0.3) is 0 Å². The summed E-state index contributed by atoms with van der Waals surface area (Å²) in [7, 11) is -4.99. The predicted molar refractivity (Wildman–Crippen MR) is 42.6 cm³/mol. The van der Waals surface area contributed by atoms with Crippen molar-refractivity contribution in [3.8, 4) is 0 Å². The highest BCUT2D eigenvalue weighted by atomic mass is 32.3. The van der Waals surface area contributed by atoms with Crippen molar-refractivity contribution in [1.82, 2.24) is 9.96 Å². The molecule has 9 heteroatoms. The van der Waals surface area contributed by atoms with Gasteiger partial charge in [0.05, 0.1) is 6.04 Å². The number of hydroxylamine groups is 2. The SMILES string of the molecule is O=C1N2C[C@@H](CC[C@H]2F)N1OS(=O)(=O)[O-]. The van der Waals surface area contributed by atoms with Gasteiger partial charge in [0, 0.05) is 6.54 Å². The molecule has 0 aliphatic carbocycles. The van der Waals surface area contributed by atoms with E-state index in [-0.39, 0.29) is 19.4 Å². The van der Waals surface area contributed by atoms with Gasteiger partial charge in [-0.25, -0.2) is 17.6 Å². The number of hydrogen-bond donors (Lipinski definition) is 0. The molecule has 2 aliphatic heterocycles. The van der Waals surface area contributed by atoms with Gasteiger partial charge in [0.15, 0.2) is 6.30 Å². The number of hydrogen-bond acceptors (Lipinski definition) is 5. The second kappa shape index (κ2) is 3.29. The minimum atomic E-state index is -4.99. The zero-order valence-corrected chi connectivity index (χ0v) is 8.31. The molecule has 0 radical (unpaired) electrons. The average molecular weight is 239 g/mol. The summed E-state index contributed by atoms with van der Waals surface area (Å²) < 4.78 is 48.0. The lowest BCUT2D eigenvalue weighted by Crippen LogP contribution is -2.37. The molecule has 2 heterocycles. The molecule has 0 aromatic carbocycles. The fourth-order valence-electron chi connectivity index (χ4n) is 1.78. The van der Waals surface area contributed by atoms with Gasteiger partial charge < -0.3 is 4.55 Å². The molecule has 2 rings (SSSR count). The van der Waals surface area contributed by atoms with Crippen molar-refractivity contribution in [2.45, 2.75) is 25.2 Å². The van der Waals surface area contributed by atoms with Gasteiger partial charge in [-0.3, -0.25) is 4.90 Å². The van der Waals surface area contributed by atoms with E-state index in [0.29, 0.717) is 5.06 Å². The first-order chi connectivity index (χ1) is 6.88. The third-order valence-corrected chi connectivity index (χ3v) is 2.76. The maximum Gasteiger partial charge on any atom is 0.347 e. The van der Waals surface area contributed by atoms with Crippen molar-refractivity contribution in [2.24, 2.45) is 0 Å². The van der Waals surface area contributed by atoms with Gasteiger partial charge in [-0.05, 0) is 12.8 Å². The molecule has 0 saturated carbocycles. The molecule has 0 aromatic rings. The third kappa shape index (κ3) is 1.90. The lowest BCUT2D eigenvalue weighted by atomic mass is 10.1. The minimum Gasteiger partial charge on any atom is -0.724 e. The Kier molecular flexibility index (Phi) is 2.32. The van der Waals surface area contributed by atoms with Crippen LogP contribution in [0.25, 0.3) is 0 Å². The van der Waals surface area contributed by atoms with E-state index in [9.17, 15) is 22.2 Å². The van der Waals surface area contributed by atoms with Gasteiger partial charge >= 0.3 is 6.03 Å². The van der Waals surface area contributed by atoms with Crippen LogP contribution in [0, 0.1) is 0 Å². The Morgan fingerprint density at radius 3 is 2.67 bits per heavy atom. The number of rotatable bonds is 2. The molecule has 2 fully saturated rings. The van der Waals surface area contributed by atoms with Crippen molar-refractivity contribution < 1.29 is 26.4 Å². The third-order valence-electron chi connectivity index (χ3n) is 2.42. The maximum absolute atomic E-state index is 13.1. The van der Waals surface area contributed by atoms with Gasteiger partial charge in [-0.1, -0.05) is 0 Å². The van der Waals surface area contributed by atoms with E-state index in [1.54, 1.807) is 0 Å². The molecule has 2 amide bonds. The van der Waals surface area contributed by atoms with E-state index in [1.807, 2.05) is 0 Å². The molecular weight excluding hydrogens is 231 g/mol. The summed E-state index contributed by atoms with van der Waals surface area (Å²) in [6.07, 6.45) is -1.04. The lowest BCUT2D eigenvalue weighted by molar-refractivity contribution is -0.0330. The van der Waals surface area contributed by atoms with Crippen LogP contribution in [0.5, 0.6) is 0 Å². The van der Waals surface area contributed by atoms with Crippen LogP contribution < -0.4 is 0 Å². The van der Waals surface area contributed by atoms with Crippen LogP contribution in [-0.2, 0) is 14.7 Å². The molecule has 0 unspecified atom stereocenters. The zero-order chi connectivity index (χ0) is 11.2. The second-order valence-corrected chi connectivity index (χ2v) is 4.37. The Morgan fingerprint density at radius 1 is 1.47 bits per heavy atom. The predicted octanol–water partition coefficient (Wildman–Crippen LogP) is -0.426. The molecule has 2 aliphatic rings. The van der Waals surface area contributed by atoms with Gasteiger partial charge in [-0.2, -0.15) is 9.35 Å². The Hall–Kier alpha value is -0.930. The summed E-state index contributed by atoms with van der Waals surface area (Å²) in [5.74, 6) is 0. The normalized spacial score (nSPS) is 31.2. The van der Waals surface area contributed by atoms with Crippen molar-refractivity contribution in [2.75, 3.05) is 6.54 Å². The van der Waals surface area contributed by atoms with Crippen LogP contribution >= 0.6 is 0 Å². The first kappa shape index (κ1) is 10.6. The fraction of sp³-hybridized carbons (Fsp3) is 0.833. The maximum atomic E-state index is 13.1. The number of nitrogens with zero attached hydrogens (tertiary/aromatic N) is 2. The van der Waals surface area contributed by atoms with E-state index in [2.05, 4.69) is 4.28 Å². The molecule has 7 nitrogen and oxygen atoms in total. The number of fused-ring (bicyclic) bond motifs is 2. The average Bonchev–Trinajstić information content (AvgIpc) is 2.35. The lowest BCUT2D eigenvalue weighted by Gasteiger charge is -2.24. The summed E-state index contributed by atoms with van der Waals surface area (Å²) >= 11 is 0. The Bertz CT molecular complexity index is 385. The summed E-state index contributed by atoms with van der Waals surface area (Å²) in [4.78, 5) is 12.2. The molecule has 0 spiro atoms. The second-order valence-electron chi connectivity index (χ2n) is 3.41. The van der Waals surface area contributed by atoms with Gasteiger partial charge in [0.2, 0.25) is 10.4 Å². The van der Waals surface area contributed by atoms with E-state index in [0.717, 1.165) is 4.90 Å². The van der Waals surface area contributed by atoms with E-state index in [4.69, 9.17) is 0 Å². The number of alkyl halides is 1.